The van der Waals surface area contributed by atoms with E-state index in [1.54, 1.807) is 11.9 Å². The first kappa shape index (κ1) is 35.9. The molecule has 0 saturated heterocycles. The zero-order valence-electron chi connectivity index (χ0n) is 28.6. The van der Waals surface area contributed by atoms with Gasteiger partial charge in [0, 0.05) is 53.8 Å². The van der Waals surface area contributed by atoms with Crippen LogP contribution in [0, 0.1) is 0 Å². The quantitative estimate of drug-likeness (QED) is 0.0638. The second kappa shape index (κ2) is 19.0. The number of benzene rings is 4. The minimum atomic E-state index is -0.212. The number of nitrogens with zero attached hydrogens (tertiary/aromatic N) is 1. The van der Waals surface area contributed by atoms with Crippen molar-refractivity contribution in [1.29, 1.82) is 0 Å². The Hall–Kier alpha value is -4.91. The van der Waals surface area contributed by atoms with Gasteiger partial charge in [0.15, 0.2) is 5.78 Å². The molecular weight excluding hydrogens is 598 g/mol. The maximum absolute atomic E-state index is 13.6. The number of urea groups is 1. The molecule has 4 aromatic rings. The molecule has 0 aliphatic heterocycles. The number of ether oxygens (including phenoxy) is 1. The van der Waals surface area contributed by atoms with Crippen molar-refractivity contribution >= 4 is 34.8 Å². The molecule has 0 aliphatic rings. The van der Waals surface area contributed by atoms with E-state index in [2.05, 4.69) is 24.5 Å². The third-order valence-electron chi connectivity index (χ3n) is 8.35. The third kappa shape index (κ3) is 10.6. The smallest absolute Gasteiger partial charge is 0.321 e. The molecule has 4 aromatic carbocycles. The van der Waals surface area contributed by atoms with Crippen LogP contribution in [0.5, 0.6) is 0 Å². The van der Waals surface area contributed by atoms with Gasteiger partial charge in [-0.2, -0.15) is 0 Å². The van der Waals surface area contributed by atoms with Gasteiger partial charge in [-0.05, 0) is 60.7 Å². The highest BCUT2D eigenvalue weighted by atomic mass is 16.5. The van der Waals surface area contributed by atoms with E-state index in [9.17, 15) is 14.4 Å². The van der Waals surface area contributed by atoms with E-state index < -0.39 is 0 Å². The number of ketones is 1. The van der Waals surface area contributed by atoms with Gasteiger partial charge >= 0.3 is 12.0 Å². The number of carbonyl (C=O) groups is 3. The Morgan fingerprint density at radius 2 is 1.48 bits per heavy atom. The average Bonchev–Trinajstić information content (AvgIpc) is 3.12. The van der Waals surface area contributed by atoms with E-state index in [0.717, 1.165) is 53.7 Å². The van der Waals surface area contributed by atoms with E-state index in [0.29, 0.717) is 36.4 Å². The Labute approximate surface area is 285 Å². The van der Waals surface area contributed by atoms with Crippen LogP contribution in [0.3, 0.4) is 0 Å². The summed E-state index contributed by atoms with van der Waals surface area (Å²) in [6, 6.07) is 30.5. The number of amides is 2. The van der Waals surface area contributed by atoms with E-state index in [4.69, 9.17) is 4.74 Å². The largest absolute Gasteiger partial charge is 0.466 e. The number of carbonyl (C=O) groups excluding carboxylic acids is 3. The predicted molar refractivity (Wildman–Crippen MR) is 196 cm³/mol. The molecule has 0 radical (unpaired) electrons. The molecule has 0 aliphatic carbocycles. The molecule has 0 fully saturated rings. The molecule has 4 rings (SSSR count). The third-order valence-corrected chi connectivity index (χ3v) is 8.35. The fourth-order valence-electron chi connectivity index (χ4n) is 5.47. The monoisotopic (exact) mass is 647 g/mol. The summed E-state index contributed by atoms with van der Waals surface area (Å²) in [6.45, 7) is 5.34. The summed E-state index contributed by atoms with van der Waals surface area (Å²) >= 11 is 0. The Morgan fingerprint density at radius 3 is 2.27 bits per heavy atom. The Morgan fingerprint density at radius 1 is 0.729 bits per heavy atom. The lowest BCUT2D eigenvalue weighted by Gasteiger charge is -2.20. The number of hydrogen-bond acceptors (Lipinski definition) is 5. The molecule has 0 spiro atoms. The fraction of sp³-hybridized carbons (Fsp3) is 0.341. The van der Waals surface area contributed by atoms with Crippen LogP contribution >= 0.6 is 0 Å². The number of aryl methyl sites for hydroxylation is 1. The standard InChI is InChI=1S/C41H49N3O4/c1-4-6-8-9-15-27-42-41(47)44(3)34-20-16-19-33(30-34)35-25-23-31(24-26-39(45)48-28-7-5-2)29-38(35)43-37-22-14-13-21-36(37)40(46)32-17-11-10-12-18-32/h10-14,16-23,25,29-30,43H,4-9,15,24,26-28H2,1-3H3,(H,42,47). The Balaban J connectivity index is 1.61. The number of anilines is 3. The molecule has 0 atom stereocenters. The van der Waals surface area contributed by atoms with E-state index in [1.807, 2.05) is 97.1 Å². The molecular formula is C41H49N3O4. The highest BCUT2D eigenvalue weighted by Gasteiger charge is 2.17. The minimum Gasteiger partial charge on any atom is -0.466 e. The van der Waals surface area contributed by atoms with E-state index in [-0.39, 0.29) is 24.2 Å². The molecule has 0 saturated carbocycles. The first-order valence-electron chi connectivity index (χ1n) is 17.3. The molecule has 0 heterocycles. The predicted octanol–water partition coefficient (Wildman–Crippen LogP) is 9.72. The van der Waals surface area contributed by atoms with Crippen LogP contribution in [-0.2, 0) is 16.0 Å². The Bertz CT molecular complexity index is 1640. The van der Waals surface area contributed by atoms with Gasteiger partial charge in [0.05, 0.1) is 6.61 Å². The molecule has 0 aromatic heterocycles. The summed E-state index contributed by atoms with van der Waals surface area (Å²) in [5.41, 5.74) is 6.17. The van der Waals surface area contributed by atoms with Gasteiger partial charge in [0.1, 0.15) is 0 Å². The van der Waals surface area contributed by atoms with Crippen LogP contribution in [0.25, 0.3) is 11.1 Å². The average molecular weight is 648 g/mol. The van der Waals surface area contributed by atoms with Crippen LogP contribution in [0.15, 0.2) is 97.1 Å². The van der Waals surface area contributed by atoms with Crippen LogP contribution in [0.4, 0.5) is 21.9 Å². The van der Waals surface area contributed by atoms with Crippen molar-refractivity contribution in [3.05, 3.63) is 114 Å². The molecule has 252 valence electrons. The van der Waals surface area contributed by atoms with Crippen LogP contribution in [0.1, 0.15) is 86.7 Å². The van der Waals surface area contributed by atoms with Gasteiger partial charge in [0.25, 0.3) is 0 Å². The number of rotatable bonds is 18. The van der Waals surface area contributed by atoms with Gasteiger partial charge < -0.3 is 15.4 Å². The lowest BCUT2D eigenvalue weighted by Crippen LogP contribution is -2.37. The normalized spacial score (nSPS) is 10.7. The fourth-order valence-corrected chi connectivity index (χ4v) is 5.47. The molecule has 0 bridgehead atoms. The molecule has 7 nitrogen and oxygen atoms in total. The van der Waals surface area contributed by atoms with Crippen molar-refractivity contribution in [3.63, 3.8) is 0 Å². The summed E-state index contributed by atoms with van der Waals surface area (Å²) in [5, 5.41) is 6.59. The maximum Gasteiger partial charge on any atom is 0.321 e. The molecule has 2 N–H and O–H groups in total. The zero-order chi connectivity index (χ0) is 34.1. The number of hydrogen-bond donors (Lipinski definition) is 2. The van der Waals surface area contributed by atoms with Gasteiger partial charge in [-0.1, -0.05) is 113 Å². The van der Waals surface area contributed by atoms with E-state index >= 15 is 0 Å². The zero-order valence-corrected chi connectivity index (χ0v) is 28.6. The minimum absolute atomic E-state index is 0.0776. The van der Waals surface area contributed by atoms with Crippen molar-refractivity contribution in [2.45, 2.75) is 71.6 Å². The topological polar surface area (TPSA) is 87.7 Å². The Kier molecular flexibility index (Phi) is 14.3. The van der Waals surface area contributed by atoms with Crippen molar-refractivity contribution in [1.82, 2.24) is 5.32 Å². The summed E-state index contributed by atoms with van der Waals surface area (Å²) in [7, 11) is 1.78. The van der Waals surface area contributed by atoms with Crippen LogP contribution < -0.4 is 15.5 Å². The summed E-state index contributed by atoms with van der Waals surface area (Å²) in [5.74, 6) is -0.290. The molecule has 48 heavy (non-hydrogen) atoms. The van der Waals surface area contributed by atoms with Crippen molar-refractivity contribution < 1.29 is 19.1 Å². The highest BCUT2D eigenvalue weighted by molar-refractivity contribution is 6.12. The maximum atomic E-state index is 13.6. The highest BCUT2D eigenvalue weighted by Crippen LogP contribution is 2.35. The van der Waals surface area contributed by atoms with Gasteiger partial charge in [-0.25, -0.2) is 4.79 Å². The van der Waals surface area contributed by atoms with Crippen molar-refractivity contribution in [2.24, 2.45) is 0 Å². The summed E-state index contributed by atoms with van der Waals surface area (Å²) in [4.78, 5) is 40.6. The number of para-hydroxylation sites is 1. The van der Waals surface area contributed by atoms with Gasteiger partial charge in [0.2, 0.25) is 0 Å². The molecule has 0 unspecified atom stereocenters. The first-order chi connectivity index (χ1) is 23.4. The first-order valence-corrected chi connectivity index (χ1v) is 17.3. The lowest BCUT2D eigenvalue weighted by atomic mass is 9.97. The van der Waals surface area contributed by atoms with Gasteiger partial charge in [-0.3, -0.25) is 14.5 Å². The van der Waals surface area contributed by atoms with Crippen molar-refractivity contribution in [2.75, 3.05) is 30.4 Å². The SMILES string of the molecule is CCCCCCCNC(=O)N(C)c1cccc(-c2ccc(CCC(=O)OCCCC)cc2Nc2ccccc2C(=O)c2ccccc2)c1. The van der Waals surface area contributed by atoms with Gasteiger partial charge in [-0.15, -0.1) is 0 Å². The van der Waals surface area contributed by atoms with Crippen LogP contribution in [0.2, 0.25) is 0 Å². The van der Waals surface area contributed by atoms with E-state index in [1.165, 1.54) is 19.3 Å². The van der Waals surface area contributed by atoms with Crippen LogP contribution in [-0.4, -0.2) is 38.0 Å². The second-order valence-corrected chi connectivity index (χ2v) is 12.1. The number of nitrogens with one attached hydrogen (secondary N) is 2. The summed E-state index contributed by atoms with van der Waals surface area (Å²) < 4.78 is 5.38. The summed E-state index contributed by atoms with van der Waals surface area (Å²) in [6.07, 6.45) is 8.30. The number of esters is 1. The molecule has 2 amide bonds. The lowest BCUT2D eigenvalue weighted by molar-refractivity contribution is -0.143. The second-order valence-electron chi connectivity index (χ2n) is 12.1. The van der Waals surface area contributed by atoms with Crippen molar-refractivity contribution in [3.8, 4) is 11.1 Å². The number of unbranched alkanes of at least 4 members (excludes halogenated alkanes) is 5. The molecule has 7 heteroatoms.